The Morgan fingerprint density at radius 2 is 1.90 bits per heavy atom. The van der Waals surface area contributed by atoms with Crippen molar-refractivity contribution in [1.29, 1.82) is 0 Å². The minimum atomic E-state index is -0.511. The van der Waals surface area contributed by atoms with Crippen molar-refractivity contribution in [2.75, 3.05) is 5.32 Å². The minimum Gasteiger partial charge on any atom is -0.324 e. The Hall–Kier alpha value is -1.65. The van der Waals surface area contributed by atoms with Crippen LogP contribution in [0.4, 0.5) is 5.69 Å². The molecule has 0 spiro atoms. The van der Waals surface area contributed by atoms with E-state index in [0.29, 0.717) is 6.42 Å². The Bertz CT molecular complexity index is 613. The largest absolute Gasteiger partial charge is 0.324 e. The van der Waals surface area contributed by atoms with Crippen LogP contribution in [0.1, 0.15) is 17.5 Å². The number of nitrogens with one attached hydrogen (secondary N) is 1. The number of anilines is 1. The van der Waals surface area contributed by atoms with Crippen LogP contribution in [-0.4, -0.2) is 11.9 Å². The smallest absolute Gasteiger partial charge is 0.241 e. The zero-order valence-electron chi connectivity index (χ0n) is 12.0. The van der Waals surface area contributed by atoms with E-state index >= 15 is 0 Å². The van der Waals surface area contributed by atoms with Crippen molar-refractivity contribution < 1.29 is 4.79 Å². The van der Waals surface area contributed by atoms with E-state index in [4.69, 9.17) is 5.73 Å². The second-order valence-corrected chi connectivity index (χ2v) is 5.89. The lowest BCUT2D eigenvalue weighted by molar-refractivity contribution is -0.117. The summed E-state index contributed by atoms with van der Waals surface area (Å²) in [5, 5.41) is 2.89. The van der Waals surface area contributed by atoms with Gasteiger partial charge in [0.2, 0.25) is 5.91 Å². The van der Waals surface area contributed by atoms with Gasteiger partial charge in [-0.1, -0.05) is 52.3 Å². The van der Waals surface area contributed by atoms with Crippen molar-refractivity contribution in [2.45, 2.75) is 25.8 Å². The molecule has 0 heterocycles. The SMILES string of the molecule is Cc1c(Br)cccc1NC(=O)C(N)CCc1ccccc1. The first-order valence-electron chi connectivity index (χ1n) is 6.93. The second kappa shape index (κ2) is 7.38. The molecule has 2 aromatic rings. The van der Waals surface area contributed by atoms with Crippen LogP contribution in [0.2, 0.25) is 0 Å². The molecular formula is C17H19BrN2O. The van der Waals surface area contributed by atoms with Gasteiger partial charge in [0, 0.05) is 10.2 Å². The lowest BCUT2D eigenvalue weighted by Crippen LogP contribution is -2.36. The monoisotopic (exact) mass is 346 g/mol. The highest BCUT2D eigenvalue weighted by Gasteiger charge is 2.14. The fourth-order valence-corrected chi connectivity index (χ4v) is 2.43. The molecule has 21 heavy (non-hydrogen) atoms. The van der Waals surface area contributed by atoms with Crippen LogP contribution < -0.4 is 11.1 Å². The van der Waals surface area contributed by atoms with Gasteiger partial charge < -0.3 is 11.1 Å². The molecule has 2 aromatic carbocycles. The van der Waals surface area contributed by atoms with Crippen LogP contribution in [0.15, 0.2) is 53.0 Å². The van der Waals surface area contributed by atoms with Gasteiger partial charge >= 0.3 is 0 Å². The molecule has 1 atom stereocenters. The first-order chi connectivity index (χ1) is 10.1. The third-order valence-corrected chi connectivity index (χ3v) is 4.31. The van der Waals surface area contributed by atoms with Crippen molar-refractivity contribution in [1.82, 2.24) is 0 Å². The van der Waals surface area contributed by atoms with E-state index in [9.17, 15) is 4.79 Å². The molecule has 1 amide bonds. The summed E-state index contributed by atoms with van der Waals surface area (Å²) < 4.78 is 0.971. The van der Waals surface area contributed by atoms with E-state index in [1.165, 1.54) is 5.56 Å². The Morgan fingerprint density at radius 3 is 2.62 bits per heavy atom. The number of carbonyl (C=O) groups excluding carboxylic acids is 1. The number of halogens is 1. The molecule has 3 nitrogen and oxygen atoms in total. The quantitative estimate of drug-likeness (QED) is 0.867. The van der Waals surface area contributed by atoms with E-state index in [1.807, 2.05) is 55.5 Å². The number of aryl methyl sites for hydroxylation is 1. The Kier molecular flexibility index (Phi) is 5.53. The summed E-state index contributed by atoms with van der Waals surface area (Å²) in [6.07, 6.45) is 1.43. The Labute approximate surface area is 133 Å². The van der Waals surface area contributed by atoms with Gasteiger partial charge in [-0.25, -0.2) is 0 Å². The summed E-state index contributed by atoms with van der Waals surface area (Å²) in [5.41, 5.74) is 8.97. The van der Waals surface area contributed by atoms with Crippen LogP contribution in [0.25, 0.3) is 0 Å². The third kappa shape index (κ3) is 4.41. The van der Waals surface area contributed by atoms with Crippen LogP contribution in [0.3, 0.4) is 0 Å². The lowest BCUT2D eigenvalue weighted by Gasteiger charge is -2.14. The highest BCUT2D eigenvalue weighted by Crippen LogP contribution is 2.23. The summed E-state index contributed by atoms with van der Waals surface area (Å²) in [6, 6.07) is 15.3. The number of amides is 1. The van der Waals surface area contributed by atoms with Crippen LogP contribution in [0, 0.1) is 6.92 Å². The van der Waals surface area contributed by atoms with Crippen LogP contribution >= 0.6 is 15.9 Å². The molecule has 0 fully saturated rings. The van der Waals surface area contributed by atoms with Crippen LogP contribution in [0.5, 0.6) is 0 Å². The normalized spacial score (nSPS) is 12.0. The van der Waals surface area contributed by atoms with Crippen molar-refractivity contribution in [3.8, 4) is 0 Å². The van der Waals surface area contributed by atoms with E-state index in [1.54, 1.807) is 0 Å². The summed E-state index contributed by atoms with van der Waals surface area (Å²) in [7, 11) is 0. The Morgan fingerprint density at radius 1 is 1.19 bits per heavy atom. The van der Waals surface area contributed by atoms with Gasteiger partial charge in [-0.15, -0.1) is 0 Å². The number of hydrogen-bond acceptors (Lipinski definition) is 2. The maximum absolute atomic E-state index is 12.1. The molecule has 4 heteroatoms. The summed E-state index contributed by atoms with van der Waals surface area (Å²) >= 11 is 3.45. The molecule has 0 saturated carbocycles. The molecule has 0 aliphatic heterocycles. The zero-order valence-corrected chi connectivity index (χ0v) is 13.6. The van der Waals surface area contributed by atoms with E-state index < -0.39 is 6.04 Å². The summed E-state index contributed by atoms with van der Waals surface area (Å²) in [5.74, 6) is -0.146. The lowest BCUT2D eigenvalue weighted by atomic mass is 10.1. The van der Waals surface area contributed by atoms with Gasteiger partial charge in [-0.3, -0.25) is 4.79 Å². The van der Waals surface area contributed by atoms with E-state index in [-0.39, 0.29) is 5.91 Å². The fraction of sp³-hybridized carbons (Fsp3) is 0.235. The van der Waals surface area contributed by atoms with Gasteiger partial charge in [-0.2, -0.15) is 0 Å². The molecule has 2 rings (SSSR count). The maximum Gasteiger partial charge on any atom is 0.241 e. The third-order valence-electron chi connectivity index (χ3n) is 3.45. The number of nitrogens with two attached hydrogens (primary N) is 1. The molecule has 0 aliphatic carbocycles. The van der Waals surface area contributed by atoms with Crippen LogP contribution in [-0.2, 0) is 11.2 Å². The highest BCUT2D eigenvalue weighted by molar-refractivity contribution is 9.10. The standard InChI is InChI=1S/C17H19BrN2O/c1-12-14(18)8-5-9-16(12)20-17(21)15(19)11-10-13-6-3-2-4-7-13/h2-9,15H,10-11,19H2,1H3,(H,20,21). The molecule has 0 bridgehead atoms. The summed E-state index contributed by atoms with van der Waals surface area (Å²) in [4.78, 5) is 12.1. The van der Waals surface area contributed by atoms with Gasteiger partial charge in [0.05, 0.1) is 6.04 Å². The Balaban J connectivity index is 1.92. The van der Waals surface area contributed by atoms with Crippen molar-refractivity contribution in [3.63, 3.8) is 0 Å². The number of benzene rings is 2. The predicted octanol–water partition coefficient (Wildman–Crippen LogP) is 3.66. The minimum absolute atomic E-state index is 0.146. The topological polar surface area (TPSA) is 55.1 Å². The first-order valence-corrected chi connectivity index (χ1v) is 7.72. The van der Waals surface area contributed by atoms with Gasteiger partial charge in [-0.05, 0) is 43.0 Å². The molecule has 110 valence electrons. The fourth-order valence-electron chi connectivity index (χ4n) is 2.07. The molecule has 3 N–H and O–H groups in total. The maximum atomic E-state index is 12.1. The van der Waals surface area contributed by atoms with Crippen molar-refractivity contribution in [3.05, 3.63) is 64.1 Å². The zero-order chi connectivity index (χ0) is 15.2. The number of hydrogen-bond donors (Lipinski definition) is 2. The molecule has 0 aromatic heterocycles. The predicted molar refractivity (Wildman–Crippen MR) is 90.2 cm³/mol. The molecule has 0 aliphatic rings. The molecule has 1 unspecified atom stereocenters. The molecular weight excluding hydrogens is 328 g/mol. The van der Waals surface area contributed by atoms with E-state index in [0.717, 1.165) is 22.1 Å². The average molecular weight is 347 g/mol. The van der Waals surface area contributed by atoms with Gasteiger partial charge in [0.1, 0.15) is 0 Å². The number of rotatable bonds is 5. The highest BCUT2D eigenvalue weighted by atomic mass is 79.9. The van der Waals surface area contributed by atoms with Crippen molar-refractivity contribution >= 4 is 27.5 Å². The molecule has 0 saturated heterocycles. The van der Waals surface area contributed by atoms with E-state index in [2.05, 4.69) is 21.2 Å². The van der Waals surface area contributed by atoms with Gasteiger partial charge in [0.25, 0.3) is 0 Å². The second-order valence-electron chi connectivity index (χ2n) is 5.03. The first kappa shape index (κ1) is 15.7. The van der Waals surface area contributed by atoms with Crippen molar-refractivity contribution in [2.24, 2.45) is 5.73 Å². The number of carbonyl (C=O) groups is 1. The molecule has 0 radical (unpaired) electrons. The summed E-state index contributed by atoms with van der Waals surface area (Å²) in [6.45, 7) is 1.95. The average Bonchev–Trinajstić information content (AvgIpc) is 2.50. The van der Waals surface area contributed by atoms with Gasteiger partial charge in [0.15, 0.2) is 0 Å².